The Morgan fingerprint density at radius 3 is 2.35 bits per heavy atom. The molecular weight excluding hydrogens is 403 g/mol. The normalized spacial score (nSPS) is 14.1. The molecule has 0 atom stereocenters. The molecule has 0 aliphatic heterocycles. The van der Waals surface area contributed by atoms with Gasteiger partial charge in [0.2, 0.25) is 11.7 Å². The van der Waals surface area contributed by atoms with Crippen LogP contribution in [0.3, 0.4) is 0 Å². The smallest absolute Gasteiger partial charge is 0.232 e. The summed E-state index contributed by atoms with van der Waals surface area (Å²) in [4.78, 5) is 13.0. The van der Waals surface area contributed by atoms with Crippen molar-refractivity contribution >= 4 is 5.91 Å². The van der Waals surface area contributed by atoms with Crippen molar-refractivity contribution in [2.75, 3.05) is 21.3 Å². The molecule has 4 rings (SSSR count). The van der Waals surface area contributed by atoms with Gasteiger partial charge in [0, 0.05) is 12.6 Å². The number of ether oxygens (including phenoxy) is 3. The topological polar surface area (TPSA) is 82.8 Å². The van der Waals surface area contributed by atoms with Gasteiger partial charge in [0.15, 0.2) is 17.3 Å². The van der Waals surface area contributed by atoms with Crippen molar-refractivity contribution in [3.63, 3.8) is 0 Å². The number of carbonyl (C=O) groups excluding carboxylic acids is 1. The molecule has 1 N–H and O–H groups in total. The van der Waals surface area contributed by atoms with Gasteiger partial charge in [-0.25, -0.2) is 4.39 Å². The van der Waals surface area contributed by atoms with Gasteiger partial charge in [0.05, 0.1) is 38.0 Å². The molecule has 0 radical (unpaired) electrons. The third-order valence-corrected chi connectivity index (χ3v) is 5.50. The first-order chi connectivity index (χ1) is 15.0. The van der Waals surface area contributed by atoms with Crippen LogP contribution in [0.1, 0.15) is 24.1 Å². The fourth-order valence-corrected chi connectivity index (χ4v) is 3.60. The third kappa shape index (κ3) is 3.81. The van der Waals surface area contributed by atoms with E-state index in [-0.39, 0.29) is 12.5 Å². The van der Waals surface area contributed by atoms with E-state index in [2.05, 4.69) is 10.5 Å². The van der Waals surface area contributed by atoms with E-state index in [0.29, 0.717) is 47.1 Å². The molecule has 8 heteroatoms. The van der Waals surface area contributed by atoms with Gasteiger partial charge in [-0.2, -0.15) is 0 Å². The molecule has 0 unspecified atom stereocenters. The molecule has 162 valence electrons. The highest BCUT2D eigenvalue weighted by Gasteiger charge is 2.53. The van der Waals surface area contributed by atoms with Crippen molar-refractivity contribution in [2.45, 2.75) is 24.8 Å². The number of methoxy groups -OCH3 is 3. The molecule has 0 bridgehead atoms. The minimum Gasteiger partial charge on any atom is -0.493 e. The number of hydrogen-bond donors (Lipinski definition) is 1. The molecule has 1 aromatic heterocycles. The predicted octanol–water partition coefficient (Wildman–Crippen LogP) is 3.85. The Morgan fingerprint density at radius 2 is 1.77 bits per heavy atom. The molecule has 3 aromatic rings. The summed E-state index contributed by atoms with van der Waals surface area (Å²) in [6.45, 7) is 0.273. The second kappa shape index (κ2) is 8.29. The van der Waals surface area contributed by atoms with Crippen LogP contribution in [-0.4, -0.2) is 32.4 Å². The number of aromatic nitrogens is 1. The third-order valence-electron chi connectivity index (χ3n) is 5.50. The lowest BCUT2D eigenvalue weighted by Crippen LogP contribution is -2.34. The van der Waals surface area contributed by atoms with Gasteiger partial charge in [-0.3, -0.25) is 4.79 Å². The van der Waals surface area contributed by atoms with Crippen molar-refractivity contribution in [1.82, 2.24) is 10.5 Å². The molecular formula is C23H23FN2O5. The average Bonchev–Trinajstić information content (AvgIpc) is 3.46. The standard InChI is InChI=1S/C23H23FN2O5/c1-28-18-10-14(11-19(29-2)21(18)30-3)13-25-22(27)23(8-9-23)20-12-17(31-26-20)15-6-4-5-7-16(15)24/h4-7,10-12H,8-9,13H2,1-3H3,(H,25,27). The van der Waals surface area contributed by atoms with Crippen LogP contribution in [0, 0.1) is 5.82 Å². The lowest BCUT2D eigenvalue weighted by molar-refractivity contribution is -0.123. The monoisotopic (exact) mass is 426 g/mol. The highest BCUT2D eigenvalue weighted by molar-refractivity contribution is 5.91. The van der Waals surface area contributed by atoms with E-state index in [4.69, 9.17) is 18.7 Å². The number of amides is 1. The average molecular weight is 426 g/mol. The number of nitrogens with zero attached hydrogens (tertiary/aromatic N) is 1. The molecule has 1 aliphatic carbocycles. The van der Waals surface area contributed by atoms with Crippen LogP contribution in [0.15, 0.2) is 47.0 Å². The number of benzene rings is 2. The summed E-state index contributed by atoms with van der Waals surface area (Å²) < 4.78 is 35.4. The van der Waals surface area contributed by atoms with Gasteiger partial charge in [-0.1, -0.05) is 17.3 Å². The van der Waals surface area contributed by atoms with E-state index >= 15 is 0 Å². The highest BCUT2D eigenvalue weighted by atomic mass is 19.1. The van der Waals surface area contributed by atoms with Crippen LogP contribution in [0.4, 0.5) is 4.39 Å². The zero-order chi connectivity index (χ0) is 22.0. The van der Waals surface area contributed by atoms with Gasteiger partial charge in [-0.05, 0) is 42.7 Å². The summed E-state index contributed by atoms with van der Waals surface area (Å²) in [5, 5.41) is 7.02. The van der Waals surface area contributed by atoms with Crippen LogP contribution in [-0.2, 0) is 16.8 Å². The molecule has 2 aromatic carbocycles. The molecule has 31 heavy (non-hydrogen) atoms. The predicted molar refractivity (Wildman–Crippen MR) is 111 cm³/mol. The number of rotatable bonds is 8. The number of nitrogens with one attached hydrogen (secondary N) is 1. The Hall–Kier alpha value is -3.55. The number of carbonyl (C=O) groups is 1. The van der Waals surface area contributed by atoms with Gasteiger partial charge in [0.1, 0.15) is 5.82 Å². The molecule has 1 saturated carbocycles. The first-order valence-electron chi connectivity index (χ1n) is 9.81. The van der Waals surface area contributed by atoms with Crippen molar-refractivity contribution in [3.05, 3.63) is 59.5 Å². The molecule has 1 fully saturated rings. The maximum absolute atomic E-state index is 14.0. The van der Waals surface area contributed by atoms with E-state index in [1.54, 1.807) is 36.4 Å². The van der Waals surface area contributed by atoms with E-state index in [9.17, 15) is 9.18 Å². The van der Waals surface area contributed by atoms with Crippen LogP contribution < -0.4 is 19.5 Å². The summed E-state index contributed by atoms with van der Waals surface area (Å²) in [5.74, 6) is 1.26. The molecule has 0 spiro atoms. The maximum Gasteiger partial charge on any atom is 0.232 e. The summed E-state index contributed by atoms with van der Waals surface area (Å²) >= 11 is 0. The largest absolute Gasteiger partial charge is 0.493 e. The van der Waals surface area contributed by atoms with Gasteiger partial charge >= 0.3 is 0 Å². The Morgan fingerprint density at radius 1 is 1.10 bits per heavy atom. The molecule has 1 heterocycles. The van der Waals surface area contributed by atoms with E-state index in [1.807, 2.05) is 0 Å². The summed E-state index contributed by atoms with van der Waals surface area (Å²) in [6, 6.07) is 11.5. The van der Waals surface area contributed by atoms with Crippen LogP contribution in [0.25, 0.3) is 11.3 Å². The Bertz CT molecular complexity index is 1080. The second-order valence-corrected chi connectivity index (χ2v) is 7.35. The van der Waals surface area contributed by atoms with Crippen molar-refractivity contribution in [1.29, 1.82) is 0 Å². The van der Waals surface area contributed by atoms with Crippen LogP contribution >= 0.6 is 0 Å². The first kappa shape index (κ1) is 20.7. The Balaban J connectivity index is 1.50. The van der Waals surface area contributed by atoms with Crippen molar-refractivity contribution < 1.29 is 27.9 Å². The SMILES string of the molecule is COc1cc(CNC(=O)C2(c3cc(-c4ccccc4F)on3)CC2)cc(OC)c1OC. The van der Waals surface area contributed by atoms with Crippen LogP contribution in [0.2, 0.25) is 0 Å². The van der Waals surface area contributed by atoms with E-state index < -0.39 is 11.2 Å². The quantitative estimate of drug-likeness (QED) is 0.589. The van der Waals surface area contributed by atoms with Gasteiger partial charge < -0.3 is 24.1 Å². The Kier molecular flexibility index (Phi) is 5.54. The van der Waals surface area contributed by atoms with E-state index in [0.717, 1.165) is 5.56 Å². The van der Waals surface area contributed by atoms with Crippen LogP contribution in [0.5, 0.6) is 17.2 Å². The minimum atomic E-state index is -0.756. The zero-order valence-electron chi connectivity index (χ0n) is 17.5. The summed E-state index contributed by atoms with van der Waals surface area (Å²) in [5.41, 5.74) is 0.863. The minimum absolute atomic E-state index is 0.158. The molecule has 7 nitrogen and oxygen atoms in total. The first-order valence-corrected chi connectivity index (χ1v) is 9.81. The van der Waals surface area contributed by atoms with Crippen molar-refractivity contribution in [2.24, 2.45) is 0 Å². The molecule has 1 amide bonds. The zero-order valence-corrected chi connectivity index (χ0v) is 17.5. The lowest BCUT2D eigenvalue weighted by Gasteiger charge is -2.16. The number of hydrogen-bond acceptors (Lipinski definition) is 6. The lowest BCUT2D eigenvalue weighted by atomic mass is 10.00. The summed E-state index contributed by atoms with van der Waals surface area (Å²) in [7, 11) is 4.61. The van der Waals surface area contributed by atoms with E-state index in [1.165, 1.54) is 27.4 Å². The highest BCUT2D eigenvalue weighted by Crippen LogP contribution is 2.49. The second-order valence-electron chi connectivity index (χ2n) is 7.35. The van der Waals surface area contributed by atoms with Crippen molar-refractivity contribution in [3.8, 4) is 28.6 Å². The number of halogens is 1. The van der Waals surface area contributed by atoms with Gasteiger partial charge in [-0.15, -0.1) is 0 Å². The van der Waals surface area contributed by atoms with Gasteiger partial charge in [0.25, 0.3) is 0 Å². The maximum atomic E-state index is 14.0. The summed E-state index contributed by atoms with van der Waals surface area (Å²) in [6.07, 6.45) is 1.30. The Labute approximate surface area is 179 Å². The fraction of sp³-hybridized carbons (Fsp3) is 0.304. The fourth-order valence-electron chi connectivity index (χ4n) is 3.60. The molecule has 1 aliphatic rings. The molecule has 0 saturated heterocycles.